The Morgan fingerprint density at radius 1 is 0.611 bits per heavy atom. The molecule has 5 aromatic carbocycles. The highest BCUT2D eigenvalue weighted by molar-refractivity contribution is 7.58. The lowest BCUT2D eigenvalue weighted by Crippen LogP contribution is -2.18. The molecule has 1 saturated heterocycles. The van der Waals surface area contributed by atoms with E-state index in [-0.39, 0.29) is 0 Å². The van der Waals surface area contributed by atoms with Gasteiger partial charge in [-0.05, 0) is 38.2 Å². The van der Waals surface area contributed by atoms with E-state index >= 15 is 0 Å². The molecule has 1 aliphatic rings. The third kappa shape index (κ3) is 4.40. The Hall–Kier alpha value is -3.56. The van der Waals surface area contributed by atoms with Crippen LogP contribution >= 0.6 is 7.59 Å². The fraction of sp³-hybridized carbons (Fsp3) is 0.129. The molecule has 0 aliphatic carbocycles. The zero-order valence-corrected chi connectivity index (χ0v) is 21.0. The van der Waals surface area contributed by atoms with Gasteiger partial charge in [-0.1, -0.05) is 115 Å². The first-order valence-corrected chi connectivity index (χ1v) is 13.9. The lowest BCUT2D eigenvalue weighted by molar-refractivity contribution is 0.436. The number of nitrogens with zero attached hydrogens (tertiary/aromatic N) is 3. The largest absolute Gasteiger partial charge is 0.330 e. The molecule has 178 valence electrons. The molecule has 0 spiro atoms. The average Bonchev–Trinajstić information content (AvgIpc) is 3.23. The number of fused-ring (bicyclic) bond motifs is 2. The van der Waals surface area contributed by atoms with E-state index in [0.29, 0.717) is 26.2 Å². The Bertz CT molecular complexity index is 1490. The van der Waals surface area contributed by atoms with Gasteiger partial charge in [0.15, 0.2) is 0 Å². The fourth-order valence-corrected chi connectivity index (χ4v) is 7.40. The summed E-state index contributed by atoms with van der Waals surface area (Å²) in [6.07, 6.45) is 1.78. The Morgan fingerprint density at radius 3 is 1.64 bits per heavy atom. The fourth-order valence-electron chi connectivity index (χ4n) is 5.09. The predicted octanol–water partition coefficient (Wildman–Crippen LogP) is 7.54. The summed E-state index contributed by atoms with van der Waals surface area (Å²) in [7, 11) is -3.21. The highest BCUT2D eigenvalue weighted by atomic mass is 31.2. The van der Waals surface area contributed by atoms with Crippen molar-refractivity contribution in [3.05, 3.63) is 132 Å². The number of rotatable bonds is 6. The second-order valence-corrected chi connectivity index (χ2v) is 11.6. The molecular formula is C31H28N3OP. The van der Waals surface area contributed by atoms with E-state index in [1.165, 1.54) is 32.7 Å². The average molecular weight is 490 g/mol. The van der Waals surface area contributed by atoms with Crippen molar-refractivity contribution in [2.45, 2.75) is 13.1 Å². The van der Waals surface area contributed by atoms with Gasteiger partial charge in [-0.2, -0.15) is 0 Å². The maximum atomic E-state index is 14.8. The van der Waals surface area contributed by atoms with Crippen LogP contribution in [0.15, 0.2) is 120 Å². The second kappa shape index (κ2) is 9.83. The summed E-state index contributed by atoms with van der Waals surface area (Å²) < 4.78 is 23.8. The van der Waals surface area contributed by atoms with E-state index in [1.54, 1.807) is 6.21 Å². The molecule has 4 nitrogen and oxygen atoms in total. The summed E-state index contributed by atoms with van der Waals surface area (Å²) >= 11 is 0. The van der Waals surface area contributed by atoms with Crippen molar-refractivity contribution in [3.63, 3.8) is 0 Å². The van der Waals surface area contributed by atoms with Gasteiger partial charge in [0, 0.05) is 32.4 Å². The monoisotopic (exact) mass is 489 g/mol. The van der Waals surface area contributed by atoms with E-state index < -0.39 is 7.59 Å². The van der Waals surface area contributed by atoms with Crippen LogP contribution in [0.1, 0.15) is 16.7 Å². The molecule has 36 heavy (non-hydrogen) atoms. The summed E-state index contributed by atoms with van der Waals surface area (Å²) in [6.45, 7) is 2.60. The molecule has 6 rings (SSSR count). The summed E-state index contributed by atoms with van der Waals surface area (Å²) in [6, 6.07) is 39.4. The second-order valence-electron chi connectivity index (χ2n) is 9.22. The topological polar surface area (TPSA) is 35.9 Å². The van der Waals surface area contributed by atoms with Crippen LogP contribution < -0.4 is 0 Å². The molecule has 5 aromatic rings. The van der Waals surface area contributed by atoms with Crippen molar-refractivity contribution in [2.75, 3.05) is 13.1 Å². The van der Waals surface area contributed by atoms with Crippen LogP contribution in [0.4, 0.5) is 0 Å². The number of hydrogen-bond donors (Lipinski definition) is 0. The van der Waals surface area contributed by atoms with Crippen LogP contribution in [0.2, 0.25) is 0 Å². The van der Waals surface area contributed by atoms with Gasteiger partial charge in [-0.3, -0.25) is 4.57 Å². The lowest BCUT2D eigenvalue weighted by Gasteiger charge is -2.27. The third-order valence-electron chi connectivity index (χ3n) is 6.98. The van der Waals surface area contributed by atoms with Gasteiger partial charge in [0.1, 0.15) is 0 Å². The quantitative estimate of drug-likeness (QED) is 0.183. The van der Waals surface area contributed by atoms with Gasteiger partial charge in [0.2, 0.25) is 0 Å². The molecule has 5 heteroatoms. The molecule has 1 fully saturated rings. The maximum Gasteiger partial charge on any atom is 0.330 e. The minimum Gasteiger partial charge on any atom is -0.262 e. The van der Waals surface area contributed by atoms with Crippen molar-refractivity contribution in [1.82, 2.24) is 9.34 Å². The SMILES string of the molecule is O=P1(/N=C/c2ccccc2)N(Cc2cccc3ccccc23)CCN1Cc1cccc2ccccc12. The molecule has 0 atom stereocenters. The van der Waals surface area contributed by atoms with Crippen molar-refractivity contribution in [3.8, 4) is 0 Å². The molecule has 0 bridgehead atoms. The molecule has 1 aliphatic heterocycles. The maximum absolute atomic E-state index is 14.8. The first-order valence-electron chi connectivity index (χ1n) is 12.4. The van der Waals surface area contributed by atoms with E-state index in [0.717, 1.165) is 5.56 Å². The Kier molecular flexibility index (Phi) is 6.25. The molecule has 0 amide bonds. The molecule has 0 saturated carbocycles. The minimum absolute atomic E-state index is 0.594. The van der Waals surface area contributed by atoms with Crippen molar-refractivity contribution in [1.29, 1.82) is 0 Å². The third-order valence-corrected chi connectivity index (χ3v) is 9.55. The Balaban J connectivity index is 1.37. The van der Waals surface area contributed by atoms with Crippen LogP contribution in [-0.2, 0) is 17.7 Å². The van der Waals surface area contributed by atoms with E-state index in [1.807, 2.05) is 30.3 Å². The number of benzene rings is 5. The lowest BCUT2D eigenvalue weighted by atomic mass is 10.0. The highest BCUT2D eigenvalue weighted by Crippen LogP contribution is 2.59. The van der Waals surface area contributed by atoms with Gasteiger partial charge in [0.05, 0.1) is 0 Å². The van der Waals surface area contributed by atoms with Gasteiger partial charge in [0.25, 0.3) is 0 Å². The molecule has 0 unspecified atom stereocenters. The molecule has 0 radical (unpaired) electrons. The first-order chi connectivity index (χ1) is 17.7. The summed E-state index contributed by atoms with van der Waals surface area (Å²) in [5.41, 5.74) is 3.31. The Morgan fingerprint density at radius 2 is 1.08 bits per heavy atom. The van der Waals surface area contributed by atoms with Gasteiger partial charge in [-0.15, -0.1) is 0 Å². The van der Waals surface area contributed by atoms with E-state index in [2.05, 4.69) is 94.3 Å². The number of hydrogen-bond acceptors (Lipinski definition) is 1. The zero-order chi connectivity index (χ0) is 24.4. The predicted molar refractivity (Wildman–Crippen MR) is 150 cm³/mol. The van der Waals surface area contributed by atoms with Crippen molar-refractivity contribution in [2.24, 2.45) is 4.76 Å². The normalized spacial score (nSPS) is 16.3. The van der Waals surface area contributed by atoms with Crippen LogP contribution in [0.25, 0.3) is 21.5 Å². The van der Waals surface area contributed by atoms with Gasteiger partial charge in [-0.25, -0.2) is 14.1 Å². The van der Waals surface area contributed by atoms with Gasteiger partial charge >= 0.3 is 7.59 Å². The van der Waals surface area contributed by atoms with E-state index in [4.69, 9.17) is 4.76 Å². The van der Waals surface area contributed by atoms with Crippen LogP contribution in [0, 0.1) is 0 Å². The van der Waals surface area contributed by atoms with Crippen LogP contribution in [0.3, 0.4) is 0 Å². The first kappa shape index (κ1) is 22.9. The van der Waals surface area contributed by atoms with Crippen molar-refractivity contribution < 1.29 is 4.57 Å². The summed E-state index contributed by atoms with van der Waals surface area (Å²) in [5.74, 6) is 0. The smallest absolute Gasteiger partial charge is 0.262 e. The molecule has 1 heterocycles. The standard InChI is InChI=1S/C31H28N3OP/c35-36(32-22-25-10-2-1-3-11-25)33(23-28-16-8-14-26-12-4-6-18-30(26)28)20-21-34(36)24-29-17-9-15-27-13-5-7-19-31(27)29/h1-19,22H,20-21,23-24H2/b32-22+. The van der Waals surface area contributed by atoms with E-state index in [9.17, 15) is 4.57 Å². The highest BCUT2D eigenvalue weighted by Gasteiger charge is 2.42. The van der Waals surface area contributed by atoms with Gasteiger partial charge < -0.3 is 0 Å². The van der Waals surface area contributed by atoms with Crippen molar-refractivity contribution >= 4 is 35.4 Å². The molecule has 0 N–H and O–H groups in total. The summed E-state index contributed by atoms with van der Waals surface area (Å²) in [5, 5.41) is 4.80. The zero-order valence-electron chi connectivity index (χ0n) is 20.1. The summed E-state index contributed by atoms with van der Waals surface area (Å²) in [4.78, 5) is 0. The molecular weight excluding hydrogens is 461 g/mol. The van der Waals surface area contributed by atoms with Crippen LogP contribution in [0.5, 0.6) is 0 Å². The molecule has 0 aromatic heterocycles. The Labute approximate surface area is 212 Å². The minimum atomic E-state index is -3.21. The van der Waals surface area contributed by atoms with Crippen LogP contribution in [-0.4, -0.2) is 28.6 Å².